The summed E-state index contributed by atoms with van der Waals surface area (Å²) < 4.78 is 68.5. The molecular formula is C85H144O17P2. The Kier molecular flexibility index (Phi) is 72.9. The highest BCUT2D eigenvalue weighted by atomic mass is 31.2. The van der Waals surface area contributed by atoms with E-state index in [1.54, 1.807) is 0 Å². The second kappa shape index (κ2) is 76.4. The average Bonchev–Trinajstić information content (AvgIpc) is 0.918. The lowest BCUT2D eigenvalue weighted by Gasteiger charge is -2.21. The molecule has 0 aliphatic rings. The Hall–Kier alpha value is -4.80. The van der Waals surface area contributed by atoms with E-state index in [1.165, 1.54) is 64.2 Å². The van der Waals surface area contributed by atoms with E-state index in [9.17, 15) is 43.2 Å². The number of phosphoric acid groups is 2. The van der Waals surface area contributed by atoms with Crippen LogP contribution in [0.5, 0.6) is 0 Å². The first-order valence-corrected chi connectivity index (χ1v) is 43.4. The van der Waals surface area contributed by atoms with Gasteiger partial charge in [-0.2, -0.15) is 0 Å². The molecule has 3 unspecified atom stereocenters. The highest BCUT2D eigenvalue weighted by Crippen LogP contribution is 2.45. The van der Waals surface area contributed by atoms with Gasteiger partial charge < -0.3 is 33.8 Å². The molecule has 0 aliphatic carbocycles. The van der Waals surface area contributed by atoms with E-state index in [2.05, 4.69) is 143 Å². The number of rotatable bonds is 75. The van der Waals surface area contributed by atoms with Crippen molar-refractivity contribution in [2.75, 3.05) is 39.6 Å². The summed E-state index contributed by atoms with van der Waals surface area (Å²) >= 11 is 0. The zero-order valence-corrected chi connectivity index (χ0v) is 66.9. The molecule has 19 heteroatoms. The van der Waals surface area contributed by atoms with E-state index in [-0.39, 0.29) is 25.7 Å². The Labute approximate surface area is 631 Å². The summed E-state index contributed by atoms with van der Waals surface area (Å²) in [5, 5.41) is 10.6. The topological polar surface area (TPSA) is 237 Å². The van der Waals surface area contributed by atoms with Gasteiger partial charge in [0.05, 0.1) is 26.4 Å². The van der Waals surface area contributed by atoms with E-state index >= 15 is 0 Å². The van der Waals surface area contributed by atoms with Crippen molar-refractivity contribution in [1.82, 2.24) is 0 Å². The number of aliphatic hydroxyl groups is 1. The summed E-state index contributed by atoms with van der Waals surface area (Å²) in [4.78, 5) is 73.0. The third-order valence-corrected chi connectivity index (χ3v) is 18.5. The van der Waals surface area contributed by atoms with Crippen LogP contribution in [0.1, 0.15) is 323 Å². The van der Waals surface area contributed by atoms with Gasteiger partial charge in [0.1, 0.15) is 19.3 Å². The molecule has 0 saturated carbocycles. The first-order valence-electron chi connectivity index (χ1n) is 40.4. The van der Waals surface area contributed by atoms with Crippen LogP contribution in [-0.4, -0.2) is 96.7 Å². The van der Waals surface area contributed by atoms with E-state index in [1.807, 2.05) is 18.2 Å². The molecule has 0 bridgehead atoms. The maximum atomic E-state index is 13.1. The number of esters is 4. The Balaban J connectivity index is 5.45. The van der Waals surface area contributed by atoms with Gasteiger partial charge in [-0.15, -0.1) is 0 Å². The molecule has 596 valence electrons. The summed E-state index contributed by atoms with van der Waals surface area (Å²) in [5.41, 5.74) is 0. The lowest BCUT2D eigenvalue weighted by Crippen LogP contribution is -2.30. The van der Waals surface area contributed by atoms with Crippen LogP contribution in [0.15, 0.2) is 134 Å². The quantitative estimate of drug-likeness (QED) is 0.0169. The highest BCUT2D eigenvalue weighted by molar-refractivity contribution is 7.47. The van der Waals surface area contributed by atoms with Crippen LogP contribution in [0.25, 0.3) is 0 Å². The van der Waals surface area contributed by atoms with Crippen molar-refractivity contribution in [1.29, 1.82) is 0 Å². The van der Waals surface area contributed by atoms with Crippen LogP contribution >= 0.6 is 15.6 Å². The maximum absolute atomic E-state index is 13.1. The number of hydrogen-bond acceptors (Lipinski definition) is 15. The summed E-state index contributed by atoms with van der Waals surface area (Å²) in [5.74, 6) is -2.30. The van der Waals surface area contributed by atoms with E-state index in [4.69, 9.17) is 37.0 Å². The zero-order chi connectivity index (χ0) is 76.0. The van der Waals surface area contributed by atoms with Crippen LogP contribution in [0.4, 0.5) is 0 Å². The van der Waals surface area contributed by atoms with Crippen molar-refractivity contribution >= 4 is 39.5 Å². The van der Waals surface area contributed by atoms with Gasteiger partial charge in [-0.1, -0.05) is 277 Å². The third-order valence-electron chi connectivity index (χ3n) is 16.6. The van der Waals surface area contributed by atoms with E-state index < -0.39 is 97.5 Å². The predicted octanol–water partition coefficient (Wildman–Crippen LogP) is 23.7. The number of carbonyl (C=O) groups excluding carboxylic acids is 4. The number of hydrogen-bond donors (Lipinski definition) is 3. The minimum Gasteiger partial charge on any atom is -0.462 e. The lowest BCUT2D eigenvalue weighted by atomic mass is 10.1. The second-order valence-electron chi connectivity index (χ2n) is 26.6. The molecule has 0 rings (SSSR count). The van der Waals surface area contributed by atoms with Gasteiger partial charge in [0, 0.05) is 25.7 Å². The lowest BCUT2D eigenvalue weighted by molar-refractivity contribution is -0.161. The van der Waals surface area contributed by atoms with Crippen LogP contribution in [0, 0.1) is 0 Å². The summed E-state index contributed by atoms with van der Waals surface area (Å²) in [6.07, 6.45) is 85.8. The number of aliphatic hydroxyl groups excluding tert-OH is 1. The molecule has 17 nitrogen and oxygen atoms in total. The van der Waals surface area contributed by atoms with E-state index in [0.717, 1.165) is 173 Å². The minimum absolute atomic E-state index is 0.0301. The Morgan fingerprint density at radius 3 is 0.856 bits per heavy atom. The molecule has 0 heterocycles. The Morgan fingerprint density at radius 2 is 0.519 bits per heavy atom. The number of carbonyl (C=O) groups is 4. The second-order valence-corrected chi connectivity index (χ2v) is 29.5. The van der Waals surface area contributed by atoms with Gasteiger partial charge >= 0.3 is 39.5 Å². The van der Waals surface area contributed by atoms with Crippen LogP contribution in [0.3, 0.4) is 0 Å². The molecule has 0 aromatic rings. The van der Waals surface area contributed by atoms with Crippen molar-refractivity contribution < 1.29 is 80.2 Å². The Morgan fingerprint density at radius 1 is 0.279 bits per heavy atom. The molecule has 104 heavy (non-hydrogen) atoms. The van der Waals surface area contributed by atoms with E-state index in [0.29, 0.717) is 32.1 Å². The zero-order valence-electron chi connectivity index (χ0n) is 65.2. The molecule has 0 spiro atoms. The average molecular weight is 1500 g/mol. The molecular weight excluding hydrogens is 1350 g/mol. The number of unbranched alkanes of at least 4 members (excludes halogenated alkanes) is 27. The SMILES string of the molecule is CCC=CCC=CCC=CCC=CCC=CCC=CCCC(=O)OC[C@H](COP(=O)(O)OCC(O)COP(=O)(O)OC[C@@H](COC(=O)CCCCCCCC=CCC=CCCCCC)OC(=O)CCCCCCCCCC=CCCCCCC)OC(=O)CCCCCCCC=CCC=CCCCCC. The molecule has 0 aromatic heterocycles. The number of ether oxygens (including phenoxy) is 4. The normalized spacial score (nSPS) is 14.6. The smallest absolute Gasteiger partial charge is 0.462 e. The fourth-order valence-corrected chi connectivity index (χ4v) is 12.0. The fraction of sp³-hybridized carbons (Fsp3) is 0.694. The first-order chi connectivity index (χ1) is 50.7. The molecule has 5 atom stereocenters. The summed E-state index contributed by atoms with van der Waals surface area (Å²) in [6, 6.07) is 0. The summed E-state index contributed by atoms with van der Waals surface area (Å²) in [7, 11) is -9.99. The van der Waals surface area contributed by atoms with Crippen LogP contribution in [-0.2, 0) is 65.4 Å². The van der Waals surface area contributed by atoms with Crippen molar-refractivity contribution in [2.45, 2.75) is 341 Å². The van der Waals surface area contributed by atoms with Gasteiger partial charge in [-0.25, -0.2) is 9.13 Å². The largest absolute Gasteiger partial charge is 0.472 e. The maximum Gasteiger partial charge on any atom is 0.472 e. The molecule has 0 aromatic carbocycles. The van der Waals surface area contributed by atoms with Gasteiger partial charge in [0.2, 0.25) is 0 Å². The standard InChI is InChI=1S/C85H144O17P2/c1-5-9-13-17-21-25-29-33-37-38-39-40-44-46-50-54-58-62-66-70-83(88)96-76-81(102-85(90)72-68-64-60-56-52-48-43-36-32-28-24-20-16-12-8-4)78-100-104(93,94)98-74-79(86)73-97-103(91,92)99-77-80(101-84(89)71-67-63-59-55-51-47-42-35-31-27-23-19-15-11-7-3)75-95-82(87)69-65-61-57-53-49-45-41-34-30-26-22-18-14-10-6-2/h9,13,21-22,24-28,31,33-34,36-37,39-41,43,46,50,58,62,79-81,86H,5-8,10-12,14-20,23,29-30,32,35,38,42,44-45,47-49,51-57,59-61,63-78H2,1-4H3,(H,91,92)(H,93,94)/t79?,80-,81-/m1/s1. The summed E-state index contributed by atoms with van der Waals surface area (Å²) in [6.45, 7) is 4.59. The van der Waals surface area contributed by atoms with Crippen molar-refractivity contribution in [3.8, 4) is 0 Å². The van der Waals surface area contributed by atoms with Crippen molar-refractivity contribution in [3.05, 3.63) is 134 Å². The van der Waals surface area contributed by atoms with Gasteiger partial charge in [0.25, 0.3) is 0 Å². The van der Waals surface area contributed by atoms with Crippen molar-refractivity contribution in [3.63, 3.8) is 0 Å². The first kappa shape index (κ1) is 99.2. The fourth-order valence-electron chi connectivity index (χ4n) is 10.4. The molecule has 0 fully saturated rings. The van der Waals surface area contributed by atoms with Gasteiger partial charge in [-0.3, -0.25) is 37.3 Å². The molecule has 0 aliphatic heterocycles. The number of phosphoric ester groups is 2. The van der Waals surface area contributed by atoms with Crippen LogP contribution < -0.4 is 0 Å². The predicted molar refractivity (Wildman–Crippen MR) is 427 cm³/mol. The third kappa shape index (κ3) is 75.4. The molecule has 0 saturated heterocycles. The monoisotopic (exact) mass is 1500 g/mol. The minimum atomic E-state index is -5.00. The van der Waals surface area contributed by atoms with Crippen LogP contribution in [0.2, 0.25) is 0 Å². The Bertz CT molecular complexity index is 2490. The van der Waals surface area contributed by atoms with Crippen molar-refractivity contribution in [2.24, 2.45) is 0 Å². The highest BCUT2D eigenvalue weighted by Gasteiger charge is 2.30. The molecule has 0 radical (unpaired) electrons. The molecule has 0 amide bonds. The van der Waals surface area contributed by atoms with Gasteiger partial charge in [0.15, 0.2) is 12.2 Å². The number of allylic oxidation sites excluding steroid dienone is 22. The van der Waals surface area contributed by atoms with Gasteiger partial charge in [-0.05, 0) is 154 Å². The molecule has 3 N–H and O–H groups in total.